The molecule has 0 atom stereocenters. The summed E-state index contributed by atoms with van der Waals surface area (Å²) >= 11 is 0. The molecule has 2 saturated carbocycles. The van der Waals surface area contributed by atoms with Crippen LogP contribution in [0.25, 0.3) is 55.3 Å². The van der Waals surface area contributed by atoms with Crippen LogP contribution in [-0.4, -0.2) is 0 Å². The van der Waals surface area contributed by atoms with Gasteiger partial charge < -0.3 is 4.90 Å². The molecule has 0 aromatic heterocycles. The average molecular weight is 852 g/mol. The molecule has 0 saturated heterocycles. The molecular weight excluding hydrogens is 795 g/mol. The number of rotatable bonds is 7. The van der Waals surface area contributed by atoms with Crippen LogP contribution < -0.4 is 4.90 Å². The number of anilines is 3. The van der Waals surface area contributed by atoms with Crippen LogP contribution in [0.5, 0.6) is 0 Å². The van der Waals surface area contributed by atoms with Crippen molar-refractivity contribution in [3.8, 4) is 44.5 Å². The van der Waals surface area contributed by atoms with Gasteiger partial charge in [-0.3, -0.25) is 0 Å². The Balaban J connectivity index is 1.08. The summed E-state index contributed by atoms with van der Waals surface area (Å²) < 4.78 is 20.0. The summed E-state index contributed by atoms with van der Waals surface area (Å²) in [5.41, 5.74) is 19.8. The Labute approximate surface area is 393 Å². The third-order valence-corrected chi connectivity index (χ3v) is 15.6. The molecule has 320 valence electrons. The van der Waals surface area contributed by atoms with Crippen LogP contribution in [0.15, 0.2) is 200 Å². The van der Waals surface area contributed by atoms with Crippen molar-refractivity contribution >= 4 is 27.8 Å². The Kier molecular flexibility index (Phi) is 9.14. The van der Waals surface area contributed by atoms with Gasteiger partial charge >= 0.3 is 0 Å². The first-order chi connectivity index (χ1) is 33.4. The minimum Gasteiger partial charge on any atom is -0.309 e. The van der Waals surface area contributed by atoms with Gasteiger partial charge in [0.1, 0.15) is 0 Å². The molecule has 66 heavy (non-hydrogen) atoms. The summed E-state index contributed by atoms with van der Waals surface area (Å²) in [7, 11) is 0. The van der Waals surface area contributed by atoms with Crippen molar-refractivity contribution in [1.29, 1.82) is 0 Å². The predicted molar refractivity (Wildman–Crippen MR) is 277 cm³/mol. The van der Waals surface area contributed by atoms with E-state index in [0.29, 0.717) is 0 Å². The number of benzene rings is 9. The Bertz CT molecular complexity index is 3310. The van der Waals surface area contributed by atoms with Crippen LogP contribution in [-0.2, 0) is 5.41 Å². The SMILES string of the molecule is [2H]C1(c2ccc3c(c2)C2(c4cc(C5([2H])CCCCC5)ccc4-3)c3ccccc3-c3c(N(c4ccc(-c5cccc6ccccc56)cc4)c4ccccc4-c4ccccc4)cccc32)CCCCC1. The normalized spacial score (nSPS) is 17.6. The van der Waals surface area contributed by atoms with Crippen LogP contribution in [0.4, 0.5) is 17.1 Å². The maximum Gasteiger partial charge on any atom is 0.0726 e. The lowest BCUT2D eigenvalue weighted by molar-refractivity contribution is 0.443. The number of nitrogens with zero attached hydrogens (tertiary/aromatic N) is 1. The van der Waals surface area contributed by atoms with Crippen LogP contribution >= 0.6 is 0 Å². The summed E-state index contributed by atoms with van der Waals surface area (Å²) in [6.45, 7) is 0. The second-order valence-corrected chi connectivity index (χ2v) is 19.1. The predicted octanol–water partition coefficient (Wildman–Crippen LogP) is 18.1. The lowest BCUT2D eigenvalue weighted by Gasteiger charge is -2.33. The zero-order valence-electron chi connectivity index (χ0n) is 39.6. The molecule has 4 aliphatic rings. The molecule has 0 heterocycles. The van der Waals surface area contributed by atoms with Crippen molar-refractivity contribution in [2.45, 2.75) is 81.4 Å². The molecule has 1 nitrogen and oxygen atoms in total. The van der Waals surface area contributed by atoms with Gasteiger partial charge in [-0.2, -0.15) is 0 Å². The summed E-state index contributed by atoms with van der Waals surface area (Å²) in [5.74, 6) is -1.22. The van der Waals surface area contributed by atoms with E-state index in [0.717, 1.165) is 85.1 Å². The van der Waals surface area contributed by atoms with Gasteiger partial charge in [-0.15, -0.1) is 0 Å². The van der Waals surface area contributed by atoms with Crippen molar-refractivity contribution < 1.29 is 2.74 Å². The molecule has 9 aromatic rings. The second-order valence-electron chi connectivity index (χ2n) is 19.1. The van der Waals surface area contributed by atoms with Crippen molar-refractivity contribution in [2.75, 3.05) is 4.90 Å². The van der Waals surface area contributed by atoms with E-state index >= 15 is 0 Å². The minimum atomic E-state index is -0.641. The molecule has 9 aromatic carbocycles. The number of para-hydroxylation sites is 1. The molecule has 0 unspecified atom stereocenters. The van der Waals surface area contributed by atoms with Gasteiger partial charge in [0.2, 0.25) is 0 Å². The highest BCUT2D eigenvalue weighted by Crippen LogP contribution is 2.65. The van der Waals surface area contributed by atoms with Crippen LogP contribution in [0, 0.1) is 0 Å². The molecule has 0 N–H and O–H groups in total. The molecule has 13 rings (SSSR count). The quantitative estimate of drug-likeness (QED) is 0.154. The minimum absolute atomic E-state index is 0.610. The summed E-state index contributed by atoms with van der Waals surface area (Å²) in [6.07, 6.45) is 10.4. The fourth-order valence-corrected chi connectivity index (χ4v) is 12.6. The van der Waals surface area contributed by atoms with Gasteiger partial charge in [0.25, 0.3) is 0 Å². The highest BCUT2D eigenvalue weighted by atomic mass is 15.1. The van der Waals surface area contributed by atoms with Crippen molar-refractivity contribution in [2.24, 2.45) is 0 Å². The van der Waals surface area contributed by atoms with Crippen LogP contribution in [0.3, 0.4) is 0 Å². The topological polar surface area (TPSA) is 3.24 Å². The van der Waals surface area contributed by atoms with Crippen molar-refractivity contribution in [3.05, 3.63) is 234 Å². The molecule has 0 aliphatic heterocycles. The lowest BCUT2D eigenvalue weighted by atomic mass is 9.69. The van der Waals surface area contributed by atoms with E-state index in [1.165, 1.54) is 84.8 Å². The smallest absolute Gasteiger partial charge is 0.0726 e. The Morgan fingerprint density at radius 1 is 0.379 bits per heavy atom. The van der Waals surface area contributed by atoms with Gasteiger partial charge in [-0.25, -0.2) is 0 Å². The molecule has 1 spiro atoms. The maximum atomic E-state index is 9.98. The average Bonchev–Trinajstić information content (AvgIpc) is 3.87. The lowest BCUT2D eigenvalue weighted by Crippen LogP contribution is -2.26. The van der Waals surface area contributed by atoms with Gasteiger partial charge in [0.15, 0.2) is 0 Å². The molecule has 0 amide bonds. The molecule has 0 bridgehead atoms. The van der Waals surface area contributed by atoms with Crippen molar-refractivity contribution in [1.82, 2.24) is 0 Å². The zero-order chi connectivity index (χ0) is 45.5. The monoisotopic (exact) mass is 851 g/mol. The highest BCUT2D eigenvalue weighted by molar-refractivity contribution is 6.03. The van der Waals surface area contributed by atoms with E-state index in [9.17, 15) is 2.74 Å². The first-order valence-corrected chi connectivity index (χ1v) is 24.5. The Hall–Kier alpha value is -6.96. The van der Waals surface area contributed by atoms with E-state index < -0.39 is 17.2 Å². The van der Waals surface area contributed by atoms with Crippen LogP contribution in [0.2, 0.25) is 0 Å². The number of hydrogen-bond donors (Lipinski definition) is 0. The third-order valence-electron chi connectivity index (χ3n) is 15.6. The van der Waals surface area contributed by atoms with Crippen molar-refractivity contribution in [3.63, 3.8) is 0 Å². The summed E-state index contributed by atoms with van der Waals surface area (Å²) in [5, 5.41) is 2.49. The molecule has 0 radical (unpaired) electrons. The highest BCUT2D eigenvalue weighted by Gasteiger charge is 2.53. The van der Waals surface area contributed by atoms with Gasteiger partial charge in [0.05, 0.1) is 16.8 Å². The third kappa shape index (κ3) is 6.20. The number of fused-ring (bicyclic) bond motifs is 11. The van der Waals surface area contributed by atoms with E-state index in [1.807, 2.05) is 0 Å². The summed E-state index contributed by atoms with van der Waals surface area (Å²) in [4.78, 5) is 2.51. The number of hydrogen-bond acceptors (Lipinski definition) is 1. The molecular formula is C65H55N. The van der Waals surface area contributed by atoms with E-state index in [2.05, 4.69) is 205 Å². The maximum absolute atomic E-state index is 9.98. The first kappa shape index (κ1) is 37.3. The zero-order valence-corrected chi connectivity index (χ0v) is 37.6. The van der Waals surface area contributed by atoms with Gasteiger partial charge in [0, 0.05) is 19.6 Å². The molecule has 2 fully saturated rings. The first-order valence-electron chi connectivity index (χ1n) is 25.5. The van der Waals surface area contributed by atoms with E-state index in [4.69, 9.17) is 0 Å². The standard InChI is InChI=1S/C65H55N/c1-4-18-44(19-5-1)49-36-40-55-56-41-37-50(45-20-6-2-7-21-45)43-61(56)65(60(55)42-49)58-30-14-12-28-57(58)64-59(65)31-17-33-63(64)66(62-32-15-13-27-54(62)47-22-8-3-9-23-47)51-38-34-48(35-39-51)53-29-16-25-46-24-10-11-26-52(46)53/h3,8-17,22-45H,1-2,4-7,18-21H2/i44D,45D. The van der Waals surface area contributed by atoms with E-state index in [-0.39, 0.29) is 0 Å². The Morgan fingerprint density at radius 2 is 0.909 bits per heavy atom. The van der Waals surface area contributed by atoms with Gasteiger partial charge in [-0.05, 0) is 139 Å². The Morgan fingerprint density at radius 3 is 1.62 bits per heavy atom. The van der Waals surface area contributed by atoms with Crippen LogP contribution in [0.1, 0.15) is 112 Å². The molecule has 4 aliphatic carbocycles. The largest absolute Gasteiger partial charge is 0.309 e. The van der Waals surface area contributed by atoms with Gasteiger partial charge in [-0.1, -0.05) is 214 Å². The fraction of sp³-hybridized carbons (Fsp3) is 0.200. The summed E-state index contributed by atoms with van der Waals surface area (Å²) in [6, 6.07) is 74.5. The second kappa shape index (κ2) is 16.2. The van der Waals surface area contributed by atoms with E-state index in [1.54, 1.807) is 0 Å². The fourth-order valence-electron chi connectivity index (χ4n) is 12.6. The molecule has 1 heteroatoms.